The lowest BCUT2D eigenvalue weighted by Crippen LogP contribution is -2.24. The summed E-state index contributed by atoms with van der Waals surface area (Å²) in [7, 11) is 1.56. The molecule has 4 heteroatoms. The number of rotatable bonds is 2. The third-order valence-corrected chi connectivity index (χ3v) is 2.01. The standard InChI is InChI=1S/C13H17NO3/c1-13(2,3)17-12(16)10-7-5-9(6-8-10)11(15)14-4/h5-8H,1-4H3,(H,14,15). The molecule has 1 amide bonds. The monoisotopic (exact) mass is 235 g/mol. The number of amides is 1. The molecule has 0 aliphatic carbocycles. The zero-order valence-electron chi connectivity index (χ0n) is 10.5. The predicted octanol–water partition coefficient (Wildman–Crippen LogP) is 2.00. The van der Waals surface area contributed by atoms with Crippen LogP contribution >= 0.6 is 0 Å². The average Bonchev–Trinajstić information content (AvgIpc) is 2.26. The van der Waals surface area contributed by atoms with Crippen LogP contribution in [0.3, 0.4) is 0 Å². The van der Waals surface area contributed by atoms with E-state index >= 15 is 0 Å². The molecular weight excluding hydrogens is 218 g/mol. The van der Waals surface area contributed by atoms with Crippen molar-refractivity contribution in [1.82, 2.24) is 5.32 Å². The number of carbonyl (C=O) groups excluding carboxylic acids is 2. The molecule has 0 bridgehead atoms. The molecule has 4 nitrogen and oxygen atoms in total. The molecule has 0 fully saturated rings. The van der Waals surface area contributed by atoms with Gasteiger partial charge in [0, 0.05) is 12.6 Å². The molecule has 0 aliphatic heterocycles. The van der Waals surface area contributed by atoms with Crippen LogP contribution in [0.2, 0.25) is 0 Å². The van der Waals surface area contributed by atoms with E-state index in [-0.39, 0.29) is 11.9 Å². The predicted molar refractivity (Wildman–Crippen MR) is 65.0 cm³/mol. The van der Waals surface area contributed by atoms with Crippen molar-refractivity contribution >= 4 is 11.9 Å². The van der Waals surface area contributed by atoms with Gasteiger partial charge >= 0.3 is 5.97 Å². The van der Waals surface area contributed by atoms with Gasteiger partial charge in [-0.25, -0.2) is 4.79 Å². The minimum absolute atomic E-state index is 0.180. The van der Waals surface area contributed by atoms with Crippen molar-refractivity contribution in [2.45, 2.75) is 26.4 Å². The van der Waals surface area contributed by atoms with Crippen LogP contribution in [0.1, 0.15) is 41.5 Å². The molecule has 0 saturated carbocycles. The van der Waals surface area contributed by atoms with E-state index in [0.29, 0.717) is 11.1 Å². The van der Waals surface area contributed by atoms with Gasteiger partial charge in [-0.1, -0.05) is 0 Å². The zero-order chi connectivity index (χ0) is 13.1. The molecule has 0 spiro atoms. The number of hydrogen-bond donors (Lipinski definition) is 1. The van der Waals surface area contributed by atoms with Crippen LogP contribution in [0, 0.1) is 0 Å². The Morgan fingerprint density at radius 2 is 1.53 bits per heavy atom. The molecule has 0 saturated heterocycles. The molecule has 1 aromatic rings. The largest absolute Gasteiger partial charge is 0.456 e. The Labute approximate surface area is 101 Å². The number of hydrogen-bond acceptors (Lipinski definition) is 3. The van der Waals surface area contributed by atoms with Crippen LogP contribution in [0.15, 0.2) is 24.3 Å². The Balaban J connectivity index is 2.81. The van der Waals surface area contributed by atoms with E-state index < -0.39 is 5.60 Å². The summed E-state index contributed by atoms with van der Waals surface area (Å²) in [5, 5.41) is 2.51. The fraction of sp³-hybridized carbons (Fsp3) is 0.385. The maximum atomic E-state index is 11.7. The van der Waals surface area contributed by atoms with Gasteiger partial charge in [-0.3, -0.25) is 4.79 Å². The van der Waals surface area contributed by atoms with Gasteiger partial charge in [0.25, 0.3) is 5.91 Å². The normalized spacial score (nSPS) is 10.8. The van der Waals surface area contributed by atoms with Gasteiger partial charge in [-0.15, -0.1) is 0 Å². The van der Waals surface area contributed by atoms with Crippen molar-refractivity contribution in [2.24, 2.45) is 0 Å². The molecule has 0 unspecified atom stereocenters. The minimum atomic E-state index is -0.517. The van der Waals surface area contributed by atoms with Crippen molar-refractivity contribution in [3.8, 4) is 0 Å². The van der Waals surface area contributed by atoms with Gasteiger partial charge in [0.15, 0.2) is 0 Å². The summed E-state index contributed by atoms with van der Waals surface area (Å²) >= 11 is 0. The smallest absolute Gasteiger partial charge is 0.338 e. The van der Waals surface area contributed by atoms with Crippen molar-refractivity contribution in [2.75, 3.05) is 7.05 Å². The van der Waals surface area contributed by atoms with Gasteiger partial charge in [-0.2, -0.15) is 0 Å². The Kier molecular flexibility index (Phi) is 3.89. The first kappa shape index (κ1) is 13.2. The van der Waals surface area contributed by atoms with E-state index in [2.05, 4.69) is 5.32 Å². The maximum Gasteiger partial charge on any atom is 0.338 e. The van der Waals surface area contributed by atoms with E-state index in [1.807, 2.05) is 20.8 Å². The summed E-state index contributed by atoms with van der Waals surface area (Å²) < 4.78 is 5.21. The fourth-order valence-electron chi connectivity index (χ4n) is 1.24. The third-order valence-electron chi connectivity index (χ3n) is 2.01. The summed E-state index contributed by atoms with van der Waals surface area (Å²) in [5.41, 5.74) is 0.434. The number of nitrogens with one attached hydrogen (secondary N) is 1. The van der Waals surface area contributed by atoms with Crippen molar-refractivity contribution < 1.29 is 14.3 Å². The van der Waals surface area contributed by atoms with Crippen molar-refractivity contribution in [3.05, 3.63) is 35.4 Å². The van der Waals surface area contributed by atoms with Crippen LogP contribution < -0.4 is 5.32 Å². The lowest BCUT2D eigenvalue weighted by atomic mass is 10.1. The van der Waals surface area contributed by atoms with Gasteiger partial charge < -0.3 is 10.1 Å². The van der Waals surface area contributed by atoms with E-state index in [1.165, 1.54) is 0 Å². The second-order valence-corrected chi connectivity index (χ2v) is 4.66. The molecule has 17 heavy (non-hydrogen) atoms. The molecular formula is C13H17NO3. The molecule has 1 rings (SSSR count). The minimum Gasteiger partial charge on any atom is -0.456 e. The van der Waals surface area contributed by atoms with Gasteiger partial charge in [0.1, 0.15) is 5.60 Å². The lowest BCUT2D eigenvalue weighted by Gasteiger charge is -2.19. The summed E-state index contributed by atoms with van der Waals surface area (Å²) in [6.45, 7) is 5.43. The van der Waals surface area contributed by atoms with Gasteiger partial charge in [0.05, 0.1) is 5.56 Å². The van der Waals surface area contributed by atoms with Gasteiger partial charge in [0.2, 0.25) is 0 Å². The summed E-state index contributed by atoms with van der Waals surface area (Å²) in [5.74, 6) is -0.568. The van der Waals surface area contributed by atoms with E-state index in [4.69, 9.17) is 4.74 Å². The number of benzene rings is 1. The van der Waals surface area contributed by atoms with Crippen LogP contribution in [-0.2, 0) is 4.74 Å². The molecule has 92 valence electrons. The topological polar surface area (TPSA) is 55.4 Å². The first-order valence-electron chi connectivity index (χ1n) is 5.39. The van der Waals surface area contributed by atoms with Crippen molar-refractivity contribution in [3.63, 3.8) is 0 Å². The molecule has 0 radical (unpaired) electrons. The van der Waals surface area contributed by atoms with Crippen LogP contribution in [-0.4, -0.2) is 24.5 Å². The highest BCUT2D eigenvalue weighted by Crippen LogP contribution is 2.12. The first-order chi connectivity index (χ1) is 7.83. The Hall–Kier alpha value is -1.84. The fourth-order valence-corrected chi connectivity index (χ4v) is 1.24. The summed E-state index contributed by atoms with van der Waals surface area (Å²) in [4.78, 5) is 23.0. The van der Waals surface area contributed by atoms with E-state index in [9.17, 15) is 9.59 Å². The molecule has 0 aromatic heterocycles. The van der Waals surface area contributed by atoms with E-state index in [0.717, 1.165) is 0 Å². The lowest BCUT2D eigenvalue weighted by molar-refractivity contribution is 0.00693. The maximum absolute atomic E-state index is 11.7. The zero-order valence-corrected chi connectivity index (χ0v) is 10.5. The molecule has 0 heterocycles. The summed E-state index contributed by atoms with van der Waals surface area (Å²) in [6.07, 6.45) is 0. The van der Waals surface area contributed by atoms with Crippen LogP contribution in [0.5, 0.6) is 0 Å². The van der Waals surface area contributed by atoms with Gasteiger partial charge in [-0.05, 0) is 45.0 Å². The Morgan fingerprint density at radius 3 is 1.94 bits per heavy atom. The second kappa shape index (κ2) is 4.99. The highest BCUT2D eigenvalue weighted by atomic mass is 16.6. The third kappa shape index (κ3) is 3.90. The van der Waals surface area contributed by atoms with E-state index in [1.54, 1.807) is 31.3 Å². The molecule has 1 aromatic carbocycles. The Bertz CT molecular complexity index is 415. The second-order valence-electron chi connectivity index (χ2n) is 4.66. The highest BCUT2D eigenvalue weighted by molar-refractivity contribution is 5.96. The molecule has 0 aliphatic rings. The van der Waals surface area contributed by atoms with Crippen molar-refractivity contribution in [1.29, 1.82) is 0 Å². The number of carbonyl (C=O) groups is 2. The average molecular weight is 235 g/mol. The highest BCUT2D eigenvalue weighted by Gasteiger charge is 2.17. The molecule has 0 atom stereocenters. The SMILES string of the molecule is CNC(=O)c1ccc(C(=O)OC(C)(C)C)cc1. The molecule has 1 N–H and O–H groups in total. The summed E-state index contributed by atoms with van der Waals surface area (Å²) in [6, 6.07) is 6.35. The quantitative estimate of drug-likeness (QED) is 0.798. The van der Waals surface area contributed by atoms with Crippen LogP contribution in [0.4, 0.5) is 0 Å². The first-order valence-corrected chi connectivity index (χ1v) is 5.39. The number of esters is 1. The Morgan fingerprint density at radius 1 is 1.06 bits per heavy atom. The number of ether oxygens (including phenoxy) is 1. The van der Waals surface area contributed by atoms with Crippen LogP contribution in [0.25, 0.3) is 0 Å².